The lowest BCUT2D eigenvalue weighted by Crippen LogP contribution is -2.34. The van der Waals surface area contributed by atoms with E-state index in [-0.39, 0.29) is 32.2 Å². The molecule has 0 unspecified atom stereocenters. The molecule has 194 valence electrons. The molecule has 0 atom stereocenters. The van der Waals surface area contributed by atoms with Crippen LogP contribution in [0, 0.1) is 5.82 Å². The smallest absolute Gasteiger partial charge is 0.231 e. The third kappa shape index (κ3) is 9.38. The molecule has 0 spiro atoms. The number of anilines is 1. The maximum atomic E-state index is 14.6. The molecule has 36 heavy (non-hydrogen) atoms. The average molecular weight is 501 g/mol. The number of halogens is 1. The number of hydrogen-bond acceptors (Lipinski definition) is 7. The van der Waals surface area contributed by atoms with Crippen molar-refractivity contribution in [2.24, 2.45) is 4.99 Å². The highest BCUT2D eigenvalue weighted by Gasteiger charge is 2.10. The standard InChI is InChI=1S/C26H33FN4O5/c27-24-18-20(7-9-23(24)21-4-2-1-3-5-21)6-8-22-19-25(36-31-22)30-26(28-10-14-34-16-12-32)29-11-15-35-17-13-33/h1-5,7,9,18-19,32-33H,6,8,10-17H2,(H2,28,29,30). The molecule has 3 aromatic rings. The lowest BCUT2D eigenvalue weighted by molar-refractivity contribution is 0.0955. The molecule has 10 heteroatoms. The topological polar surface area (TPSA) is 121 Å². The number of nitrogens with one attached hydrogen (secondary N) is 2. The number of rotatable bonds is 15. The Morgan fingerprint density at radius 3 is 2.47 bits per heavy atom. The van der Waals surface area contributed by atoms with E-state index >= 15 is 0 Å². The van der Waals surface area contributed by atoms with E-state index in [0.29, 0.717) is 56.6 Å². The Labute approximate surface area is 210 Å². The van der Waals surface area contributed by atoms with Gasteiger partial charge in [0.15, 0.2) is 5.96 Å². The van der Waals surface area contributed by atoms with Gasteiger partial charge in [0.05, 0.1) is 51.9 Å². The first-order valence-corrected chi connectivity index (χ1v) is 11.9. The Morgan fingerprint density at radius 2 is 1.72 bits per heavy atom. The minimum absolute atomic E-state index is 0.0357. The molecule has 9 nitrogen and oxygen atoms in total. The summed E-state index contributed by atoms with van der Waals surface area (Å²) in [6.07, 6.45) is 1.20. The van der Waals surface area contributed by atoms with Crippen LogP contribution in [0.4, 0.5) is 10.3 Å². The summed E-state index contributed by atoms with van der Waals surface area (Å²) in [5, 5.41) is 27.8. The van der Waals surface area contributed by atoms with Crippen LogP contribution in [-0.4, -0.2) is 74.1 Å². The number of aliphatic hydroxyl groups is 2. The van der Waals surface area contributed by atoms with Gasteiger partial charge in [-0.2, -0.15) is 0 Å². The van der Waals surface area contributed by atoms with E-state index in [2.05, 4.69) is 20.8 Å². The first-order valence-electron chi connectivity index (χ1n) is 11.9. The molecule has 1 heterocycles. The van der Waals surface area contributed by atoms with E-state index in [1.165, 1.54) is 0 Å². The molecule has 0 bridgehead atoms. The van der Waals surface area contributed by atoms with E-state index in [1.54, 1.807) is 18.2 Å². The van der Waals surface area contributed by atoms with Crippen LogP contribution in [0.15, 0.2) is 64.1 Å². The zero-order valence-corrected chi connectivity index (χ0v) is 20.2. The number of aliphatic hydroxyl groups excluding tert-OH is 2. The summed E-state index contributed by atoms with van der Waals surface area (Å²) in [7, 11) is 0. The highest BCUT2D eigenvalue weighted by molar-refractivity contribution is 5.92. The zero-order chi connectivity index (χ0) is 25.4. The Morgan fingerprint density at radius 1 is 0.944 bits per heavy atom. The van der Waals surface area contributed by atoms with Gasteiger partial charge in [-0.1, -0.05) is 47.6 Å². The summed E-state index contributed by atoms with van der Waals surface area (Å²) in [4.78, 5) is 4.41. The average Bonchev–Trinajstić information content (AvgIpc) is 3.35. The monoisotopic (exact) mass is 500 g/mol. The number of ether oxygens (including phenoxy) is 2. The fourth-order valence-electron chi connectivity index (χ4n) is 3.38. The lowest BCUT2D eigenvalue weighted by atomic mass is 10.0. The summed E-state index contributed by atoms with van der Waals surface area (Å²) in [6.45, 7) is 2.03. The first-order chi connectivity index (χ1) is 17.7. The largest absolute Gasteiger partial charge is 0.394 e. The number of guanidine groups is 1. The predicted molar refractivity (Wildman–Crippen MR) is 135 cm³/mol. The van der Waals surface area contributed by atoms with Crippen LogP contribution in [0.1, 0.15) is 11.3 Å². The van der Waals surface area contributed by atoms with Crippen molar-refractivity contribution >= 4 is 11.8 Å². The zero-order valence-electron chi connectivity index (χ0n) is 20.2. The molecular weight excluding hydrogens is 467 g/mol. The molecule has 2 aromatic carbocycles. The van der Waals surface area contributed by atoms with Crippen LogP contribution in [0.2, 0.25) is 0 Å². The summed E-state index contributed by atoms with van der Waals surface area (Å²) >= 11 is 0. The highest BCUT2D eigenvalue weighted by Crippen LogP contribution is 2.24. The third-order valence-electron chi connectivity index (χ3n) is 5.10. The fraction of sp³-hybridized carbons (Fsp3) is 0.385. The van der Waals surface area contributed by atoms with Crippen LogP contribution < -0.4 is 10.6 Å². The molecular formula is C26H33FN4O5. The molecule has 0 aliphatic carbocycles. The molecule has 1 aromatic heterocycles. The second kappa shape index (κ2) is 15.6. The Kier molecular flexibility index (Phi) is 11.8. The van der Waals surface area contributed by atoms with Crippen molar-refractivity contribution < 1.29 is 28.6 Å². The van der Waals surface area contributed by atoms with Gasteiger partial charge >= 0.3 is 0 Å². The normalized spacial score (nSPS) is 11.6. The first kappa shape index (κ1) is 27.3. The number of hydrogen-bond donors (Lipinski definition) is 4. The third-order valence-corrected chi connectivity index (χ3v) is 5.10. The maximum Gasteiger partial charge on any atom is 0.231 e. The van der Waals surface area contributed by atoms with E-state index in [4.69, 9.17) is 24.2 Å². The molecule has 3 rings (SSSR count). The molecule has 0 amide bonds. The van der Waals surface area contributed by atoms with Crippen molar-refractivity contribution in [1.29, 1.82) is 0 Å². The van der Waals surface area contributed by atoms with Gasteiger partial charge in [-0.25, -0.2) is 4.39 Å². The quantitative estimate of drug-likeness (QED) is 0.143. The van der Waals surface area contributed by atoms with Gasteiger partial charge < -0.3 is 29.5 Å². The molecule has 0 saturated heterocycles. The number of nitrogens with zero attached hydrogens (tertiary/aromatic N) is 2. The van der Waals surface area contributed by atoms with Gasteiger partial charge in [-0.05, 0) is 30.0 Å². The van der Waals surface area contributed by atoms with Crippen LogP contribution in [0.3, 0.4) is 0 Å². The second-order valence-corrected chi connectivity index (χ2v) is 7.82. The molecule has 0 radical (unpaired) electrons. The minimum Gasteiger partial charge on any atom is -0.394 e. The van der Waals surface area contributed by atoms with E-state index in [1.807, 2.05) is 36.4 Å². The van der Waals surface area contributed by atoms with Crippen LogP contribution in [0.25, 0.3) is 11.1 Å². The Balaban J connectivity index is 1.53. The van der Waals surface area contributed by atoms with Gasteiger partial charge in [0, 0.05) is 18.2 Å². The second-order valence-electron chi connectivity index (χ2n) is 7.82. The predicted octanol–water partition coefficient (Wildman–Crippen LogP) is 2.64. The van der Waals surface area contributed by atoms with E-state index < -0.39 is 0 Å². The molecule has 0 aliphatic heterocycles. The maximum absolute atomic E-state index is 14.6. The molecule has 4 N–H and O–H groups in total. The van der Waals surface area contributed by atoms with Crippen LogP contribution >= 0.6 is 0 Å². The van der Waals surface area contributed by atoms with Crippen molar-refractivity contribution in [3.8, 4) is 11.1 Å². The lowest BCUT2D eigenvalue weighted by Gasteiger charge is -2.10. The van der Waals surface area contributed by atoms with E-state index in [9.17, 15) is 4.39 Å². The number of aromatic nitrogens is 1. The highest BCUT2D eigenvalue weighted by atomic mass is 19.1. The van der Waals surface area contributed by atoms with Crippen molar-refractivity contribution in [1.82, 2.24) is 10.5 Å². The van der Waals surface area contributed by atoms with Crippen molar-refractivity contribution in [2.75, 3.05) is 58.0 Å². The SMILES string of the molecule is OCCOCCN=C(NCCOCCO)Nc1cc(CCc2ccc(-c3ccccc3)c(F)c2)no1. The Hall–Kier alpha value is -3.31. The molecule has 0 fully saturated rings. The summed E-state index contributed by atoms with van der Waals surface area (Å²) in [5.74, 6) is 0.616. The summed E-state index contributed by atoms with van der Waals surface area (Å²) in [5.41, 5.74) is 3.02. The number of aliphatic imine (C=N–C) groups is 1. The van der Waals surface area contributed by atoms with E-state index in [0.717, 1.165) is 16.8 Å². The Bertz CT molecular complexity index is 1060. The van der Waals surface area contributed by atoms with Gasteiger partial charge in [0.2, 0.25) is 5.88 Å². The molecule has 0 saturated carbocycles. The minimum atomic E-state index is -0.251. The summed E-state index contributed by atoms with van der Waals surface area (Å²) < 4.78 is 30.5. The number of aryl methyl sites for hydroxylation is 2. The van der Waals surface area contributed by atoms with Crippen LogP contribution in [-0.2, 0) is 22.3 Å². The van der Waals surface area contributed by atoms with Gasteiger partial charge in [0.1, 0.15) is 5.82 Å². The van der Waals surface area contributed by atoms with Crippen molar-refractivity contribution in [2.45, 2.75) is 12.8 Å². The van der Waals surface area contributed by atoms with Gasteiger partial charge in [0.25, 0.3) is 0 Å². The number of benzene rings is 2. The van der Waals surface area contributed by atoms with Crippen molar-refractivity contribution in [3.05, 3.63) is 71.7 Å². The summed E-state index contributed by atoms with van der Waals surface area (Å²) in [6, 6.07) is 16.5. The van der Waals surface area contributed by atoms with Crippen LogP contribution in [0.5, 0.6) is 0 Å². The van der Waals surface area contributed by atoms with Crippen molar-refractivity contribution in [3.63, 3.8) is 0 Å². The fourth-order valence-corrected chi connectivity index (χ4v) is 3.38. The van der Waals surface area contributed by atoms with Gasteiger partial charge in [-0.3, -0.25) is 10.3 Å². The van der Waals surface area contributed by atoms with Gasteiger partial charge in [-0.15, -0.1) is 0 Å². The molecule has 0 aliphatic rings.